The van der Waals surface area contributed by atoms with Crippen molar-refractivity contribution >= 4 is 23.9 Å². The van der Waals surface area contributed by atoms with Crippen molar-refractivity contribution in [2.24, 2.45) is 0 Å². The van der Waals surface area contributed by atoms with Gasteiger partial charge in [0.15, 0.2) is 0 Å². The van der Waals surface area contributed by atoms with E-state index in [1.807, 2.05) is 31.2 Å². The molecular formula is C21H19NO5. The van der Waals surface area contributed by atoms with Crippen LogP contribution in [0.1, 0.15) is 33.2 Å². The van der Waals surface area contributed by atoms with E-state index >= 15 is 0 Å². The minimum Gasteiger partial charge on any atom is -0.494 e. The van der Waals surface area contributed by atoms with Crippen molar-refractivity contribution in [1.82, 2.24) is 4.90 Å². The van der Waals surface area contributed by atoms with Gasteiger partial charge in [0.25, 0.3) is 11.8 Å². The van der Waals surface area contributed by atoms with Gasteiger partial charge >= 0.3 is 5.97 Å². The first-order valence-corrected chi connectivity index (χ1v) is 8.63. The fraction of sp³-hybridized carbons (Fsp3) is 0.190. The van der Waals surface area contributed by atoms with Gasteiger partial charge in [0.2, 0.25) is 0 Å². The van der Waals surface area contributed by atoms with Crippen molar-refractivity contribution in [2.45, 2.75) is 6.92 Å². The predicted octanol–water partition coefficient (Wildman–Crippen LogP) is 2.94. The van der Waals surface area contributed by atoms with Crippen LogP contribution in [0.3, 0.4) is 0 Å². The summed E-state index contributed by atoms with van der Waals surface area (Å²) >= 11 is 0. The lowest BCUT2D eigenvalue weighted by molar-refractivity contribution is -0.137. The molecule has 27 heavy (non-hydrogen) atoms. The molecule has 0 N–H and O–H groups in total. The highest BCUT2D eigenvalue weighted by molar-refractivity contribution is 6.21. The van der Waals surface area contributed by atoms with Crippen LogP contribution in [0.25, 0.3) is 6.08 Å². The molecule has 6 heteroatoms. The van der Waals surface area contributed by atoms with Crippen LogP contribution in [-0.4, -0.2) is 42.4 Å². The molecule has 6 nitrogen and oxygen atoms in total. The van der Waals surface area contributed by atoms with Gasteiger partial charge in [-0.15, -0.1) is 0 Å². The molecule has 2 aromatic carbocycles. The third kappa shape index (κ3) is 4.23. The molecule has 0 unspecified atom stereocenters. The van der Waals surface area contributed by atoms with Gasteiger partial charge in [-0.2, -0.15) is 0 Å². The first kappa shape index (κ1) is 18.4. The summed E-state index contributed by atoms with van der Waals surface area (Å²) in [6.45, 7) is 2.47. The summed E-state index contributed by atoms with van der Waals surface area (Å²) in [5, 5.41) is 0. The van der Waals surface area contributed by atoms with E-state index in [4.69, 9.17) is 9.47 Å². The number of benzene rings is 2. The zero-order chi connectivity index (χ0) is 19.2. The van der Waals surface area contributed by atoms with Crippen LogP contribution in [-0.2, 0) is 9.53 Å². The van der Waals surface area contributed by atoms with Gasteiger partial charge in [-0.3, -0.25) is 14.5 Å². The first-order valence-electron chi connectivity index (χ1n) is 8.63. The molecule has 0 spiro atoms. The third-order valence-corrected chi connectivity index (χ3v) is 4.04. The van der Waals surface area contributed by atoms with E-state index in [1.165, 1.54) is 6.08 Å². The zero-order valence-electron chi connectivity index (χ0n) is 14.9. The molecule has 1 heterocycles. The molecule has 2 amide bonds. The molecule has 3 rings (SSSR count). The summed E-state index contributed by atoms with van der Waals surface area (Å²) in [7, 11) is 0. The Balaban J connectivity index is 1.49. The van der Waals surface area contributed by atoms with Crippen LogP contribution in [0.2, 0.25) is 0 Å². The van der Waals surface area contributed by atoms with Crippen LogP contribution < -0.4 is 4.74 Å². The summed E-state index contributed by atoms with van der Waals surface area (Å²) in [6, 6.07) is 13.9. The highest BCUT2D eigenvalue weighted by atomic mass is 16.5. The maximum absolute atomic E-state index is 12.2. The molecule has 0 saturated carbocycles. The monoisotopic (exact) mass is 365 g/mol. The number of esters is 1. The first-order chi connectivity index (χ1) is 13.1. The van der Waals surface area contributed by atoms with E-state index in [1.54, 1.807) is 30.3 Å². The highest BCUT2D eigenvalue weighted by Crippen LogP contribution is 2.21. The average molecular weight is 365 g/mol. The number of amides is 2. The van der Waals surface area contributed by atoms with Gasteiger partial charge < -0.3 is 9.47 Å². The molecule has 0 aliphatic carbocycles. The molecule has 0 bridgehead atoms. The lowest BCUT2D eigenvalue weighted by atomic mass is 10.1. The normalized spacial score (nSPS) is 13.1. The number of carbonyl (C=O) groups is 3. The second-order valence-electron chi connectivity index (χ2n) is 5.81. The van der Waals surface area contributed by atoms with E-state index in [0.717, 1.165) is 16.2 Å². The van der Waals surface area contributed by atoms with Gasteiger partial charge in [0.1, 0.15) is 12.4 Å². The van der Waals surface area contributed by atoms with Gasteiger partial charge in [-0.05, 0) is 42.8 Å². The quantitative estimate of drug-likeness (QED) is 0.428. The Hall–Kier alpha value is -3.41. The Labute approximate surface area is 157 Å². The second-order valence-corrected chi connectivity index (χ2v) is 5.81. The predicted molar refractivity (Wildman–Crippen MR) is 99.4 cm³/mol. The largest absolute Gasteiger partial charge is 0.494 e. The molecule has 0 radical (unpaired) electrons. The van der Waals surface area contributed by atoms with E-state index in [0.29, 0.717) is 17.7 Å². The number of fused-ring (bicyclic) bond motifs is 1. The maximum Gasteiger partial charge on any atom is 0.330 e. The lowest BCUT2D eigenvalue weighted by Crippen LogP contribution is -2.33. The molecule has 0 atom stereocenters. The van der Waals surface area contributed by atoms with Crippen molar-refractivity contribution < 1.29 is 23.9 Å². The Morgan fingerprint density at radius 3 is 2.22 bits per heavy atom. The van der Waals surface area contributed by atoms with Crippen LogP contribution in [0.4, 0.5) is 0 Å². The molecule has 138 valence electrons. The van der Waals surface area contributed by atoms with Crippen LogP contribution >= 0.6 is 0 Å². The number of nitrogens with zero attached hydrogens (tertiary/aromatic N) is 1. The van der Waals surface area contributed by atoms with E-state index < -0.39 is 5.97 Å². The van der Waals surface area contributed by atoms with Crippen molar-refractivity contribution in [3.63, 3.8) is 0 Å². The van der Waals surface area contributed by atoms with Gasteiger partial charge in [-0.25, -0.2) is 4.79 Å². The summed E-state index contributed by atoms with van der Waals surface area (Å²) in [6.07, 6.45) is 2.93. The highest BCUT2D eigenvalue weighted by Gasteiger charge is 2.34. The molecule has 0 aromatic heterocycles. The van der Waals surface area contributed by atoms with Crippen molar-refractivity contribution in [1.29, 1.82) is 0 Å². The minimum atomic E-state index is -0.541. The van der Waals surface area contributed by atoms with E-state index in [2.05, 4.69) is 0 Å². The van der Waals surface area contributed by atoms with Gasteiger partial charge in [-0.1, -0.05) is 24.3 Å². The molecule has 0 fully saturated rings. The smallest absolute Gasteiger partial charge is 0.330 e. The zero-order valence-corrected chi connectivity index (χ0v) is 14.9. The van der Waals surface area contributed by atoms with E-state index in [-0.39, 0.29) is 25.0 Å². The number of imide groups is 1. The van der Waals surface area contributed by atoms with E-state index in [9.17, 15) is 14.4 Å². The lowest BCUT2D eigenvalue weighted by Gasteiger charge is -2.13. The molecule has 2 aromatic rings. The van der Waals surface area contributed by atoms with Crippen LogP contribution in [0.15, 0.2) is 54.6 Å². The average Bonchev–Trinajstić information content (AvgIpc) is 2.93. The number of carbonyl (C=O) groups excluding carboxylic acids is 3. The molecule has 1 aliphatic rings. The fourth-order valence-electron chi connectivity index (χ4n) is 2.73. The second kappa shape index (κ2) is 8.31. The summed E-state index contributed by atoms with van der Waals surface area (Å²) in [4.78, 5) is 37.3. The SMILES string of the molecule is CCOc1ccc(/C=C/C(=O)OCCN2C(=O)c3ccccc3C2=O)cc1. The number of hydrogen-bond acceptors (Lipinski definition) is 5. The summed E-state index contributed by atoms with van der Waals surface area (Å²) in [5.41, 5.74) is 1.59. The maximum atomic E-state index is 12.2. The Morgan fingerprint density at radius 1 is 1.00 bits per heavy atom. The Morgan fingerprint density at radius 2 is 1.63 bits per heavy atom. The van der Waals surface area contributed by atoms with Crippen molar-refractivity contribution in [3.8, 4) is 5.75 Å². The van der Waals surface area contributed by atoms with Crippen LogP contribution in [0.5, 0.6) is 5.75 Å². The molecular weight excluding hydrogens is 346 g/mol. The number of rotatable bonds is 7. The van der Waals surface area contributed by atoms with Gasteiger partial charge in [0, 0.05) is 6.08 Å². The Bertz CT molecular complexity index is 851. The molecule has 0 saturated heterocycles. The van der Waals surface area contributed by atoms with Crippen molar-refractivity contribution in [3.05, 3.63) is 71.3 Å². The molecule has 1 aliphatic heterocycles. The number of hydrogen-bond donors (Lipinski definition) is 0. The van der Waals surface area contributed by atoms with Crippen LogP contribution in [0, 0.1) is 0 Å². The summed E-state index contributed by atoms with van der Waals surface area (Å²) < 4.78 is 10.4. The minimum absolute atomic E-state index is 0.0228. The summed E-state index contributed by atoms with van der Waals surface area (Å²) in [5.74, 6) is -0.508. The number of ether oxygens (including phenoxy) is 2. The fourth-order valence-corrected chi connectivity index (χ4v) is 2.73. The topological polar surface area (TPSA) is 72.9 Å². The standard InChI is InChI=1S/C21H19NO5/c1-2-26-16-10-7-15(8-11-16)9-12-19(23)27-14-13-22-20(24)17-5-3-4-6-18(17)21(22)25/h3-12H,2,13-14H2,1H3/b12-9+. The Kier molecular flexibility index (Phi) is 5.66. The van der Waals surface area contributed by atoms with Gasteiger partial charge in [0.05, 0.1) is 24.3 Å². The van der Waals surface area contributed by atoms with Crippen molar-refractivity contribution in [2.75, 3.05) is 19.8 Å². The third-order valence-electron chi connectivity index (χ3n) is 4.04.